The Hall–Kier alpha value is -1.95. The molecule has 0 N–H and O–H groups in total. The maximum absolute atomic E-state index is 14.4. The molecule has 6 aliphatic rings. The molecule has 1 heterocycles. The lowest BCUT2D eigenvalue weighted by molar-refractivity contribution is -0.125. The molecule has 1 aromatic rings. The largest absolute Gasteiger partial charge is 0.294 e. The standard InChI is InChI=1S/C27H31NO4S/c1-26(2)18-10-11-27(26)14-33(31,32)28(19(27)13-18)25(30)23-20-16-8-9-17(12-16)22(20)24(29)21(23)15-6-4-3-5-7-15/h3-7,16-20,22H,8-14H2,1-2H3/t16-,17+,18+,19+,20+,22-,27+/m1/s1. The van der Waals surface area contributed by atoms with E-state index < -0.39 is 10.0 Å². The first-order chi connectivity index (χ1) is 15.7. The third-order valence-corrected chi connectivity index (χ3v) is 12.9. The Balaban J connectivity index is 1.39. The second-order valence-electron chi connectivity index (χ2n) is 12.1. The Morgan fingerprint density at radius 3 is 2.39 bits per heavy atom. The van der Waals surface area contributed by atoms with E-state index in [1.165, 1.54) is 4.31 Å². The van der Waals surface area contributed by atoms with Crippen LogP contribution in [0.15, 0.2) is 35.9 Å². The first kappa shape index (κ1) is 20.4. The van der Waals surface area contributed by atoms with Crippen molar-refractivity contribution in [3.63, 3.8) is 0 Å². The molecule has 6 heteroatoms. The molecule has 5 fully saturated rings. The Morgan fingerprint density at radius 1 is 1.00 bits per heavy atom. The highest BCUT2D eigenvalue weighted by atomic mass is 32.2. The van der Waals surface area contributed by atoms with Crippen molar-refractivity contribution < 1.29 is 18.0 Å². The van der Waals surface area contributed by atoms with Crippen molar-refractivity contribution in [2.24, 2.45) is 40.4 Å². The van der Waals surface area contributed by atoms with E-state index in [-0.39, 0.29) is 46.2 Å². The molecule has 174 valence electrons. The van der Waals surface area contributed by atoms with Crippen LogP contribution in [-0.4, -0.2) is 36.2 Å². The van der Waals surface area contributed by atoms with Gasteiger partial charge in [0.15, 0.2) is 5.78 Å². The summed E-state index contributed by atoms with van der Waals surface area (Å²) in [6.45, 7) is 4.40. The highest BCUT2D eigenvalue weighted by molar-refractivity contribution is 7.90. The summed E-state index contributed by atoms with van der Waals surface area (Å²) in [6, 6.07) is 9.21. The molecule has 4 bridgehead atoms. The monoisotopic (exact) mass is 465 g/mol. The molecule has 7 rings (SSSR count). The van der Waals surface area contributed by atoms with Crippen molar-refractivity contribution in [3.05, 3.63) is 41.5 Å². The summed E-state index contributed by atoms with van der Waals surface area (Å²) in [7, 11) is -3.72. The van der Waals surface area contributed by atoms with Gasteiger partial charge in [0.2, 0.25) is 10.0 Å². The van der Waals surface area contributed by atoms with Crippen molar-refractivity contribution in [2.45, 2.75) is 58.4 Å². The number of carbonyl (C=O) groups excluding carboxylic acids is 2. The number of sulfonamides is 1. The zero-order chi connectivity index (χ0) is 22.9. The van der Waals surface area contributed by atoms with Crippen molar-refractivity contribution >= 4 is 27.3 Å². The zero-order valence-electron chi connectivity index (χ0n) is 19.3. The minimum Gasteiger partial charge on any atom is -0.294 e. The van der Waals surface area contributed by atoms with Crippen LogP contribution >= 0.6 is 0 Å². The second-order valence-corrected chi connectivity index (χ2v) is 14.0. The van der Waals surface area contributed by atoms with Crippen LogP contribution in [0.25, 0.3) is 5.57 Å². The maximum atomic E-state index is 14.4. The SMILES string of the molecule is CC1(C)[C@H]2CC[C@@]13CS(=O)(=O)N(C(=O)C1=C(c4ccccc4)C(=O)[C@@H]4[C@H]5CC[C@H](C5)[C@H]14)[C@H]3C2. The lowest BCUT2D eigenvalue weighted by Crippen LogP contribution is -2.45. The van der Waals surface area contributed by atoms with Crippen LogP contribution in [0.1, 0.15) is 57.9 Å². The van der Waals surface area contributed by atoms with Crippen LogP contribution in [0.3, 0.4) is 0 Å². The first-order valence-corrected chi connectivity index (χ1v) is 14.2. The lowest BCUT2D eigenvalue weighted by Gasteiger charge is -2.37. The van der Waals surface area contributed by atoms with E-state index in [0.29, 0.717) is 28.9 Å². The van der Waals surface area contributed by atoms with Gasteiger partial charge in [-0.15, -0.1) is 0 Å². The van der Waals surface area contributed by atoms with E-state index in [4.69, 9.17) is 0 Å². The summed E-state index contributed by atoms with van der Waals surface area (Å²) < 4.78 is 28.5. The molecular formula is C27H31NO4S. The van der Waals surface area contributed by atoms with Gasteiger partial charge in [-0.3, -0.25) is 9.59 Å². The van der Waals surface area contributed by atoms with Crippen molar-refractivity contribution in [1.82, 2.24) is 4.31 Å². The van der Waals surface area contributed by atoms with Gasteiger partial charge in [-0.2, -0.15) is 0 Å². The predicted octanol–water partition coefficient (Wildman–Crippen LogP) is 4.05. The van der Waals surface area contributed by atoms with E-state index in [2.05, 4.69) is 13.8 Å². The third kappa shape index (κ3) is 2.27. The van der Waals surface area contributed by atoms with Crippen molar-refractivity contribution in [3.8, 4) is 0 Å². The predicted molar refractivity (Wildman–Crippen MR) is 124 cm³/mol. The fourth-order valence-corrected chi connectivity index (χ4v) is 11.9. The number of amides is 1. The molecule has 5 nitrogen and oxygen atoms in total. The number of allylic oxidation sites excluding steroid dienone is 1. The van der Waals surface area contributed by atoms with E-state index >= 15 is 0 Å². The minimum atomic E-state index is -3.72. The molecule has 0 radical (unpaired) electrons. The van der Waals surface area contributed by atoms with Gasteiger partial charge in [0.1, 0.15) is 0 Å². The molecular weight excluding hydrogens is 434 g/mol. The average Bonchev–Trinajstić information content (AvgIpc) is 3.56. The Bertz CT molecular complexity index is 1230. The van der Waals surface area contributed by atoms with Crippen molar-refractivity contribution in [2.75, 3.05) is 5.75 Å². The van der Waals surface area contributed by atoms with E-state index in [1.807, 2.05) is 30.3 Å². The third-order valence-electron chi connectivity index (χ3n) is 11.0. The van der Waals surface area contributed by atoms with Crippen LogP contribution in [0.2, 0.25) is 0 Å². The smallest absolute Gasteiger partial charge is 0.264 e. The molecule has 1 saturated heterocycles. The molecule has 33 heavy (non-hydrogen) atoms. The van der Waals surface area contributed by atoms with Gasteiger partial charge in [-0.05, 0) is 67.3 Å². The molecule has 0 unspecified atom stereocenters. The fourth-order valence-electron chi connectivity index (χ4n) is 9.38. The molecule has 1 amide bonds. The number of carbonyl (C=O) groups is 2. The van der Waals surface area contributed by atoms with Crippen molar-refractivity contribution in [1.29, 1.82) is 0 Å². The van der Waals surface area contributed by atoms with Gasteiger partial charge in [-0.1, -0.05) is 44.2 Å². The molecule has 1 aliphatic heterocycles. The number of fused-ring (bicyclic) bond motifs is 6. The molecule has 5 aliphatic carbocycles. The van der Waals surface area contributed by atoms with Crippen LogP contribution in [0, 0.1) is 40.4 Å². The van der Waals surface area contributed by atoms with Gasteiger partial charge >= 0.3 is 0 Å². The quantitative estimate of drug-likeness (QED) is 0.661. The molecule has 1 aromatic carbocycles. The molecule has 0 aromatic heterocycles. The summed E-state index contributed by atoms with van der Waals surface area (Å²) in [4.78, 5) is 28.1. The van der Waals surface area contributed by atoms with E-state index in [9.17, 15) is 18.0 Å². The number of hydrogen-bond acceptors (Lipinski definition) is 4. The summed E-state index contributed by atoms with van der Waals surface area (Å²) in [5.41, 5.74) is 1.35. The summed E-state index contributed by atoms with van der Waals surface area (Å²) in [6.07, 6.45) is 5.76. The Labute approximate surface area is 195 Å². The van der Waals surface area contributed by atoms with Gasteiger partial charge in [0, 0.05) is 28.4 Å². The Kier molecular flexibility index (Phi) is 3.83. The summed E-state index contributed by atoms with van der Waals surface area (Å²) >= 11 is 0. The average molecular weight is 466 g/mol. The normalized spacial score (nSPS) is 43.5. The summed E-state index contributed by atoms with van der Waals surface area (Å²) in [5.74, 6) is 0.609. The topological polar surface area (TPSA) is 71.5 Å². The molecule has 1 spiro atoms. The lowest BCUT2D eigenvalue weighted by atomic mass is 9.69. The zero-order valence-corrected chi connectivity index (χ0v) is 20.1. The van der Waals surface area contributed by atoms with Crippen LogP contribution < -0.4 is 0 Å². The number of hydrogen-bond donors (Lipinski definition) is 0. The number of benzene rings is 1. The number of Topliss-reactive ketones (excluding diaryl/α,β-unsaturated/α-hetero) is 1. The highest BCUT2D eigenvalue weighted by Gasteiger charge is 2.73. The van der Waals surface area contributed by atoms with Crippen LogP contribution in [0.5, 0.6) is 0 Å². The van der Waals surface area contributed by atoms with Gasteiger partial charge < -0.3 is 0 Å². The first-order valence-electron chi connectivity index (χ1n) is 12.6. The van der Waals surface area contributed by atoms with Gasteiger partial charge in [0.25, 0.3) is 5.91 Å². The number of rotatable bonds is 2. The second kappa shape index (κ2) is 6.18. The fraction of sp³-hybridized carbons (Fsp3) is 0.630. The van der Waals surface area contributed by atoms with E-state index in [1.54, 1.807) is 0 Å². The summed E-state index contributed by atoms with van der Waals surface area (Å²) in [5, 5.41) is 0. The van der Waals surface area contributed by atoms with Gasteiger partial charge in [-0.25, -0.2) is 12.7 Å². The van der Waals surface area contributed by atoms with E-state index in [0.717, 1.165) is 44.1 Å². The molecule has 4 saturated carbocycles. The number of nitrogens with zero attached hydrogens (tertiary/aromatic N) is 1. The molecule has 7 atom stereocenters. The number of ketones is 1. The van der Waals surface area contributed by atoms with Gasteiger partial charge in [0.05, 0.1) is 11.8 Å². The van der Waals surface area contributed by atoms with Crippen LogP contribution in [-0.2, 0) is 19.6 Å². The highest BCUT2D eigenvalue weighted by Crippen LogP contribution is 2.70. The Morgan fingerprint density at radius 2 is 1.70 bits per heavy atom. The van der Waals surface area contributed by atoms with Crippen LogP contribution in [0.4, 0.5) is 0 Å². The minimum absolute atomic E-state index is 0.0707. The maximum Gasteiger partial charge on any atom is 0.264 e.